The summed E-state index contributed by atoms with van der Waals surface area (Å²) >= 11 is 4.98. The highest BCUT2D eigenvalue weighted by atomic mass is 79.9. The molecular formula is C19H17BrN2OS. The minimum atomic E-state index is 0.00272. The van der Waals surface area contributed by atoms with Crippen LogP contribution in [0.4, 0.5) is 0 Å². The molecule has 0 aliphatic carbocycles. The van der Waals surface area contributed by atoms with Crippen molar-refractivity contribution in [2.24, 2.45) is 0 Å². The second kappa shape index (κ2) is 7.28. The molecule has 0 fully saturated rings. The molecule has 2 aromatic carbocycles. The summed E-state index contributed by atoms with van der Waals surface area (Å²) in [6.45, 7) is 2.45. The molecule has 0 saturated carbocycles. The first-order chi connectivity index (χ1) is 11.6. The van der Waals surface area contributed by atoms with E-state index >= 15 is 0 Å². The maximum absolute atomic E-state index is 12.8. The van der Waals surface area contributed by atoms with Gasteiger partial charge in [-0.3, -0.25) is 4.79 Å². The lowest BCUT2D eigenvalue weighted by molar-refractivity contribution is 0.0788. The summed E-state index contributed by atoms with van der Waals surface area (Å²) in [4.78, 5) is 19.8. The van der Waals surface area contributed by atoms with Crippen LogP contribution in [0.25, 0.3) is 10.6 Å². The molecule has 3 aromatic rings. The number of hydrogen-bond acceptors (Lipinski definition) is 3. The Morgan fingerprint density at radius 1 is 1.12 bits per heavy atom. The largest absolute Gasteiger partial charge is 0.337 e. The molecule has 24 heavy (non-hydrogen) atoms. The van der Waals surface area contributed by atoms with Crippen LogP contribution in [0.5, 0.6) is 0 Å². The Labute approximate surface area is 154 Å². The van der Waals surface area contributed by atoms with Crippen molar-refractivity contribution in [3.63, 3.8) is 0 Å². The highest BCUT2D eigenvalue weighted by molar-refractivity contribution is 9.10. The number of aromatic nitrogens is 1. The van der Waals surface area contributed by atoms with E-state index in [1.807, 2.05) is 68.6 Å². The summed E-state index contributed by atoms with van der Waals surface area (Å²) in [5, 5.41) is 0.880. The minimum absolute atomic E-state index is 0.00272. The zero-order valence-corrected chi connectivity index (χ0v) is 15.9. The molecule has 1 heterocycles. The number of carbonyl (C=O) groups is 1. The molecule has 1 aromatic heterocycles. The van der Waals surface area contributed by atoms with Gasteiger partial charge < -0.3 is 4.90 Å². The van der Waals surface area contributed by atoms with Crippen molar-refractivity contribution in [1.29, 1.82) is 0 Å². The summed E-state index contributed by atoms with van der Waals surface area (Å²) < 4.78 is 1.01. The number of nitrogens with zero attached hydrogens (tertiary/aromatic N) is 2. The monoisotopic (exact) mass is 400 g/mol. The highest BCUT2D eigenvalue weighted by Crippen LogP contribution is 2.29. The number of thiazole rings is 1. The molecule has 0 radical (unpaired) electrons. The van der Waals surface area contributed by atoms with Crippen molar-refractivity contribution in [3.8, 4) is 10.6 Å². The Morgan fingerprint density at radius 3 is 2.50 bits per heavy atom. The molecule has 0 bridgehead atoms. The number of aryl methyl sites for hydroxylation is 1. The highest BCUT2D eigenvalue weighted by Gasteiger charge is 2.20. The van der Waals surface area contributed by atoms with Gasteiger partial charge >= 0.3 is 0 Å². The van der Waals surface area contributed by atoms with Crippen LogP contribution in [0, 0.1) is 6.92 Å². The molecule has 122 valence electrons. The first-order valence-electron chi connectivity index (χ1n) is 7.58. The van der Waals surface area contributed by atoms with Gasteiger partial charge in [-0.15, -0.1) is 11.3 Å². The summed E-state index contributed by atoms with van der Waals surface area (Å²) in [6.07, 6.45) is 0. The van der Waals surface area contributed by atoms with Crippen LogP contribution in [-0.2, 0) is 6.54 Å². The van der Waals surface area contributed by atoms with Crippen molar-refractivity contribution in [1.82, 2.24) is 9.88 Å². The van der Waals surface area contributed by atoms with E-state index in [-0.39, 0.29) is 5.91 Å². The van der Waals surface area contributed by atoms with Crippen molar-refractivity contribution < 1.29 is 4.79 Å². The van der Waals surface area contributed by atoms with Crippen molar-refractivity contribution >= 4 is 33.2 Å². The van der Waals surface area contributed by atoms with Gasteiger partial charge in [0.1, 0.15) is 9.88 Å². The maximum atomic E-state index is 12.8. The van der Waals surface area contributed by atoms with Gasteiger partial charge in [-0.2, -0.15) is 0 Å². The molecule has 0 unspecified atom stereocenters. The summed E-state index contributed by atoms with van der Waals surface area (Å²) in [6, 6.07) is 17.9. The predicted molar refractivity (Wildman–Crippen MR) is 102 cm³/mol. The van der Waals surface area contributed by atoms with E-state index in [1.54, 1.807) is 4.90 Å². The van der Waals surface area contributed by atoms with Crippen LogP contribution in [0.1, 0.15) is 20.9 Å². The Morgan fingerprint density at radius 2 is 1.79 bits per heavy atom. The van der Waals surface area contributed by atoms with E-state index in [4.69, 9.17) is 0 Å². The van der Waals surface area contributed by atoms with E-state index in [0.29, 0.717) is 11.4 Å². The van der Waals surface area contributed by atoms with Crippen LogP contribution in [-0.4, -0.2) is 22.8 Å². The zero-order chi connectivity index (χ0) is 17.1. The summed E-state index contributed by atoms with van der Waals surface area (Å²) in [7, 11) is 1.82. The van der Waals surface area contributed by atoms with Gasteiger partial charge in [0.15, 0.2) is 0 Å². The topological polar surface area (TPSA) is 33.2 Å². The normalized spacial score (nSPS) is 10.6. The predicted octanol–water partition coefficient (Wildman–Crippen LogP) is 5.15. The lowest BCUT2D eigenvalue weighted by Crippen LogP contribution is -2.26. The SMILES string of the molecule is Cc1nc(-c2ccccc2)sc1C(=O)N(C)Cc1ccccc1Br. The van der Waals surface area contributed by atoms with E-state index in [9.17, 15) is 4.79 Å². The third-order valence-electron chi connectivity index (χ3n) is 3.72. The Balaban J connectivity index is 1.82. The fourth-order valence-electron chi connectivity index (χ4n) is 2.43. The molecule has 0 spiro atoms. The van der Waals surface area contributed by atoms with Gasteiger partial charge in [-0.05, 0) is 18.6 Å². The molecule has 0 N–H and O–H groups in total. The fourth-order valence-corrected chi connectivity index (χ4v) is 3.90. The van der Waals surface area contributed by atoms with Gasteiger partial charge in [0.05, 0.1) is 5.69 Å². The molecule has 0 atom stereocenters. The molecule has 0 saturated heterocycles. The van der Waals surface area contributed by atoms with Crippen LogP contribution < -0.4 is 0 Å². The van der Waals surface area contributed by atoms with E-state index < -0.39 is 0 Å². The van der Waals surface area contributed by atoms with Crippen molar-refractivity contribution in [2.75, 3.05) is 7.05 Å². The van der Waals surface area contributed by atoms with Gasteiger partial charge in [-0.1, -0.05) is 64.5 Å². The second-order valence-corrected chi connectivity index (χ2v) is 7.41. The van der Waals surface area contributed by atoms with Gasteiger partial charge in [0, 0.05) is 23.6 Å². The quantitative estimate of drug-likeness (QED) is 0.606. The third kappa shape index (κ3) is 3.57. The molecule has 1 amide bonds. The Bertz CT molecular complexity index is 861. The average molecular weight is 401 g/mol. The Kier molecular flexibility index (Phi) is 5.11. The molecular weight excluding hydrogens is 384 g/mol. The number of hydrogen-bond donors (Lipinski definition) is 0. The number of halogens is 1. The number of rotatable bonds is 4. The lowest BCUT2D eigenvalue weighted by atomic mass is 10.2. The Hall–Kier alpha value is -1.98. The second-order valence-electron chi connectivity index (χ2n) is 5.55. The standard InChI is InChI=1S/C19H17BrN2OS/c1-13-17(24-18(21-13)14-8-4-3-5-9-14)19(23)22(2)12-15-10-6-7-11-16(15)20/h3-11H,12H2,1-2H3. The third-order valence-corrected chi connectivity index (χ3v) is 5.69. The summed E-state index contributed by atoms with van der Waals surface area (Å²) in [5.41, 5.74) is 2.90. The van der Waals surface area contributed by atoms with Gasteiger partial charge in [-0.25, -0.2) is 4.98 Å². The lowest BCUT2D eigenvalue weighted by Gasteiger charge is -2.17. The van der Waals surface area contributed by atoms with E-state index in [2.05, 4.69) is 20.9 Å². The molecule has 3 nitrogen and oxygen atoms in total. The van der Waals surface area contributed by atoms with Crippen LogP contribution in [0.15, 0.2) is 59.1 Å². The zero-order valence-electron chi connectivity index (χ0n) is 13.5. The van der Waals surface area contributed by atoms with E-state index in [0.717, 1.165) is 26.3 Å². The first kappa shape index (κ1) is 16.9. The van der Waals surface area contributed by atoms with Crippen molar-refractivity contribution in [3.05, 3.63) is 75.2 Å². The van der Waals surface area contributed by atoms with Gasteiger partial charge in [0.25, 0.3) is 5.91 Å². The van der Waals surface area contributed by atoms with Crippen LogP contribution in [0.2, 0.25) is 0 Å². The molecule has 5 heteroatoms. The van der Waals surface area contributed by atoms with Gasteiger partial charge in [0.2, 0.25) is 0 Å². The first-order valence-corrected chi connectivity index (χ1v) is 9.19. The maximum Gasteiger partial charge on any atom is 0.265 e. The van der Waals surface area contributed by atoms with Crippen LogP contribution >= 0.6 is 27.3 Å². The smallest absolute Gasteiger partial charge is 0.265 e. The number of carbonyl (C=O) groups excluding carboxylic acids is 1. The average Bonchev–Trinajstić information content (AvgIpc) is 2.99. The molecule has 3 rings (SSSR count). The minimum Gasteiger partial charge on any atom is -0.337 e. The number of benzene rings is 2. The fraction of sp³-hybridized carbons (Fsp3) is 0.158. The molecule has 0 aliphatic rings. The summed E-state index contributed by atoms with van der Waals surface area (Å²) in [5.74, 6) is 0.00272. The van der Waals surface area contributed by atoms with Crippen molar-refractivity contribution in [2.45, 2.75) is 13.5 Å². The van der Waals surface area contributed by atoms with Crippen LogP contribution in [0.3, 0.4) is 0 Å². The number of amides is 1. The van der Waals surface area contributed by atoms with E-state index in [1.165, 1.54) is 11.3 Å². The molecule has 0 aliphatic heterocycles.